The number of nitrogen functional groups attached to an aromatic ring is 1. The van der Waals surface area contributed by atoms with Gasteiger partial charge < -0.3 is 11.1 Å². The van der Waals surface area contributed by atoms with E-state index in [4.69, 9.17) is 5.73 Å². The Labute approximate surface area is 129 Å². The number of hydrogen-bond acceptors (Lipinski definition) is 4. The Hall–Kier alpha value is -1.53. The molecule has 0 fully saturated rings. The van der Waals surface area contributed by atoms with E-state index < -0.39 is 0 Å². The summed E-state index contributed by atoms with van der Waals surface area (Å²) in [4.78, 5) is 16.7. The lowest BCUT2D eigenvalue weighted by molar-refractivity contribution is -0.116. The van der Waals surface area contributed by atoms with Crippen LogP contribution in [-0.2, 0) is 11.2 Å². The van der Waals surface area contributed by atoms with Crippen LogP contribution in [0.1, 0.15) is 12.0 Å². The van der Waals surface area contributed by atoms with E-state index in [9.17, 15) is 4.79 Å². The zero-order chi connectivity index (χ0) is 14.1. The van der Waals surface area contributed by atoms with Crippen LogP contribution in [0.2, 0.25) is 0 Å². The fraction of sp³-hybridized carbons (Fsp3) is 0.143. The number of fused-ring (bicyclic) bond motifs is 1. The Morgan fingerprint density at radius 1 is 1.35 bits per heavy atom. The van der Waals surface area contributed by atoms with Crippen molar-refractivity contribution in [1.82, 2.24) is 4.98 Å². The summed E-state index contributed by atoms with van der Waals surface area (Å²) in [7, 11) is 0. The van der Waals surface area contributed by atoms with Crippen LogP contribution in [0.5, 0.6) is 0 Å². The van der Waals surface area contributed by atoms with Gasteiger partial charge in [-0.25, -0.2) is 4.98 Å². The summed E-state index contributed by atoms with van der Waals surface area (Å²) >= 11 is 4.95. The van der Waals surface area contributed by atoms with Gasteiger partial charge >= 0.3 is 0 Å². The quantitative estimate of drug-likeness (QED) is 0.814. The highest BCUT2D eigenvalue weighted by atomic mass is 79.9. The molecule has 3 rings (SSSR count). The molecule has 2 aromatic rings. The fourth-order valence-electron chi connectivity index (χ4n) is 2.07. The molecule has 1 aliphatic rings. The van der Waals surface area contributed by atoms with Crippen LogP contribution in [0.25, 0.3) is 0 Å². The number of carbonyl (C=O) groups is 1. The van der Waals surface area contributed by atoms with Crippen molar-refractivity contribution in [3.63, 3.8) is 0 Å². The first-order valence-corrected chi connectivity index (χ1v) is 7.75. The number of aryl methyl sites for hydroxylation is 1. The molecular weight excluding hydrogens is 338 g/mol. The van der Waals surface area contributed by atoms with E-state index in [1.54, 1.807) is 6.20 Å². The van der Waals surface area contributed by atoms with Gasteiger partial charge in [-0.15, -0.1) is 0 Å². The molecule has 0 bridgehead atoms. The van der Waals surface area contributed by atoms with Crippen LogP contribution >= 0.6 is 27.7 Å². The first-order valence-electron chi connectivity index (χ1n) is 6.14. The summed E-state index contributed by atoms with van der Waals surface area (Å²) in [6, 6.07) is 7.66. The first kappa shape index (κ1) is 13.5. The number of rotatable bonds is 2. The number of carbonyl (C=O) groups excluding carboxylic acids is 1. The number of hydrogen-bond donors (Lipinski definition) is 2. The SMILES string of the molecule is Nc1cc2c(cc1Sc1ncccc1Br)NC(=O)CC2. The van der Waals surface area contributed by atoms with Crippen molar-refractivity contribution in [2.75, 3.05) is 11.1 Å². The number of pyridine rings is 1. The third-order valence-corrected chi connectivity index (χ3v) is 5.06. The number of anilines is 2. The fourth-order valence-corrected chi connectivity index (χ4v) is 3.41. The van der Waals surface area contributed by atoms with Crippen LogP contribution in [0.4, 0.5) is 11.4 Å². The lowest BCUT2D eigenvalue weighted by Gasteiger charge is -2.19. The maximum atomic E-state index is 11.5. The van der Waals surface area contributed by atoms with Crippen molar-refractivity contribution in [2.24, 2.45) is 0 Å². The average Bonchev–Trinajstić information content (AvgIpc) is 2.42. The van der Waals surface area contributed by atoms with Crippen LogP contribution in [0, 0.1) is 0 Å². The number of benzene rings is 1. The zero-order valence-corrected chi connectivity index (χ0v) is 12.9. The molecule has 1 aromatic carbocycles. The van der Waals surface area contributed by atoms with E-state index >= 15 is 0 Å². The van der Waals surface area contributed by atoms with Gasteiger partial charge in [0, 0.05) is 28.9 Å². The van der Waals surface area contributed by atoms with Gasteiger partial charge in [-0.2, -0.15) is 0 Å². The minimum atomic E-state index is 0.0530. The largest absolute Gasteiger partial charge is 0.398 e. The number of nitrogens with two attached hydrogens (primary N) is 1. The summed E-state index contributed by atoms with van der Waals surface area (Å²) in [5.41, 5.74) is 8.75. The van der Waals surface area contributed by atoms with Crippen LogP contribution in [0.15, 0.2) is 44.9 Å². The second-order valence-corrected chi connectivity index (χ2v) is 6.37. The minimum Gasteiger partial charge on any atom is -0.398 e. The molecule has 102 valence electrons. The van der Waals surface area contributed by atoms with Gasteiger partial charge in [0.15, 0.2) is 0 Å². The highest BCUT2D eigenvalue weighted by molar-refractivity contribution is 9.10. The van der Waals surface area contributed by atoms with Crippen LogP contribution in [0.3, 0.4) is 0 Å². The minimum absolute atomic E-state index is 0.0530. The van der Waals surface area contributed by atoms with E-state index in [1.165, 1.54) is 11.8 Å². The smallest absolute Gasteiger partial charge is 0.224 e. The molecule has 0 spiro atoms. The normalized spacial score (nSPS) is 13.8. The molecule has 6 heteroatoms. The average molecular weight is 350 g/mol. The van der Waals surface area contributed by atoms with E-state index in [-0.39, 0.29) is 5.91 Å². The summed E-state index contributed by atoms with van der Waals surface area (Å²) < 4.78 is 0.922. The molecule has 0 saturated carbocycles. The lowest BCUT2D eigenvalue weighted by Crippen LogP contribution is -2.19. The summed E-state index contributed by atoms with van der Waals surface area (Å²) in [5.74, 6) is 0.0530. The van der Waals surface area contributed by atoms with E-state index in [0.717, 1.165) is 32.1 Å². The molecule has 0 saturated heterocycles. The van der Waals surface area contributed by atoms with Gasteiger partial charge in [-0.3, -0.25) is 4.79 Å². The molecule has 1 aliphatic heterocycles. The lowest BCUT2D eigenvalue weighted by atomic mass is 10.0. The topological polar surface area (TPSA) is 68.0 Å². The number of amides is 1. The van der Waals surface area contributed by atoms with Crippen molar-refractivity contribution in [1.29, 1.82) is 0 Å². The van der Waals surface area contributed by atoms with Gasteiger partial charge in [0.05, 0.1) is 4.47 Å². The number of aromatic nitrogens is 1. The predicted molar refractivity (Wildman–Crippen MR) is 83.9 cm³/mol. The van der Waals surface area contributed by atoms with Gasteiger partial charge in [-0.05, 0) is 52.2 Å². The van der Waals surface area contributed by atoms with Crippen LogP contribution in [-0.4, -0.2) is 10.9 Å². The summed E-state index contributed by atoms with van der Waals surface area (Å²) in [5, 5.41) is 3.74. The number of halogens is 1. The third kappa shape index (κ3) is 2.66. The van der Waals surface area contributed by atoms with E-state index in [1.807, 2.05) is 24.3 Å². The highest BCUT2D eigenvalue weighted by Crippen LogP contribution is 2.38. The van der Waals surface area contributed by atoms with E-state index in [0.29, 0.717) is 12.1 Å². The van der Waals surface area contributed by atoms with Gasteiger partial charge in [0.25, 0.3) is 0 Å². The summed E-state index contributed by atoms with van der Waals surface area (Å²) in [6.07, 6.45) is 3.00. The number of nitrogens with one attached hydrogen (secondary N) is 1. The molecule has 3 N–H and O–H groups in total. The maximum Gasteiger partial charge on any atom is 0.224 e. The molecule has 20 heavy (non-hydrogen) atoms. The first-order chi connectivity index (χ1) is 9.63. The van der Waals surface area contributed by atoms with Crippen molar-refractivity contribution in [2.45, 2.75) is 22.8 Å². The standard InChI is InChI=1S/C14H12BrN3OS/c15-9-2-1-5-17-14(9)20-12-7-11-8(6-10(12)16)3-4-13(19)18-11/h1-2,5-7H,3-4,16H2,(H,18,19). The molecule has 4 nitrogen and oxygen atoms in total. The zero-order valence-electron chi connectivity index (χ0n) is 10.5. The highest BCUT2D eigenvalue weighted by Gasteiger charge is 2.17. The van der Waals surface area contributed by atoms with Crippen molar-refractivity contribution in [3.8, 4) is 0 Å². The van der Waals surface area contributed by atoms with Gasteiger partial charge in [0.2, 0.25) is 5.91 Å². The Morgan fingerprint density at radius 2 is 2.20 bits per heavy atom. The maximum absolute atomic E-state index is 11.5. The predicted octanol–water partition coefficient (Wildman–Crippen LogP) is 3.46. The Balaban J connectivity index is 1.96. The molecule has 1 amide bonds. The summed E-state index contributed by atoms with van der Waals surface area (Å²) in [6.45, 7) is 0. The molecule has 2 heterocycles. The van der Waals surface area contributed by atoms with E-state index in [2.05, 4.69) is 26.2 Å². The molecular formula is C14H12BrN3OS. The Kier molecular flexibility index (Phi) is 3.67. The third-order valence-electron chi connectivity index (χ3n) is 3.06. The molecule has 0 unspecified atom stereocenters. The van der Waals surface area contributed by atoms with Gasteiger partial charge in [0.1, 0.15) is 5.03 Å². The monoisotopic (exact) mass is 349 g/mol. The second-order valence-electron chi connectivity index (χ2n) is 4.49. The molecule has 0 radical (unpaired) electrons. The van der Waals surface area contributed by atoms with Crippen LogP contribution < -0.4 is 11.1 Å². The van der Waals surface area contributed by atoms with Gasteiger partial charge in [-0.1, -0.05) is 11.8 Å². The van der Waals surface area contributed by atoms with Crippen molar-refractivity contribution >= 4 is 45.0 Å². The Bertz CT molecular complexity index is 690. The number of nitrogens with zero attached hydrogens (tertiary/aromatic N) is 1. The molecule has 0 aliphatic carbocycles. The molecule has 0 atom stereocenters. The van der Waals surface area contributed by atoms with Crippen molar-refractivity contribution in [3.05, 3.63) is 40.5 Å². The van der Waals surface area contributed by atoms with Crippen molar-refractivity contribution < 1.29 is 4.79 Å². The molecule has 1 aromatic heterocycles. The Morgan fingerprint density at radius 3 is 3.00 bits per heavy atom. The second kappa shape index (κ2) is 5.46.